The number of non-ortho nitro benzene ring substituents is 1. The second-order valence-corrected chi connectivity index (χ2v) is 4.97. The van der Waals surface area contributed by atoms with Gasteiger partial charge >= 0.3 is 0 Å². The van der Waals surface area contributed by atoms with E-state index < -0.39 is 0 Å². The first-order chi connectivity index (χ1) is 7.35. The summed E-state index contributed by atoms with van der Waals surface area (Å²) in [7, 11) is 1.99. The van der Waals surface area contributed by atoms with Crippen LogP contribution in [0.5, 0.6) is 0 Å². The first-order valence-corrected chi connectivity index (χ1v) is 5.37. The third-order valence-corrected chi connectivity index (χ3v) is 3.89. The molecule has 1 atom stereocenters. The predicted molar refractivity (Wildman–Crippen MR) is 64.0 cm³/mol. The Balaban J connectivity index is 2.59. The molecular weight excluding hydrogens is 204 g/mol. The van der Waals surface area contributed by atoms with E-state index in [1.165, 1.54) is 5.56 Å². The second kappa shape index (κ2) is 3.20. The average Bonchev–Trinajstić information content (AvgIpc) is 2.40. The minimum absolute atomic E-state index is 0.0409. The Kier molecular flexibility index (Phi) is 2.19. The van der Waals surface area contributed by atoms with Gasteiger partial charge < -0.3 is 4.90 Å². The molecule has 0 saturated carbocycles. The molecule has 1 aromatic carbocycles. The van der Waals surface area contributed by atoms with Gasteiger partial charge in [-0.3, -0.25) is 10.1 Å². The first kappa shape index (κ1) is 10.9. The lowest BCUT2D eigenvalue weighted by molar-refractivity contribution is -0.384. The lowest BCUT2D eigenvalue weighted by Crippen LogP contribution is -2.36. The first-order valence-electron chi connectivity index (χ1n) is 5.37. The third kappa shape index (κ3) is 1.29. The van der Waals surface area contributed by atoms with Crippen LogP contribution in [0.25, 0.3) is 0 Å². The number of hydrogen-bond acceptors (Lipinski definition) is 3. The molecule has 0 unspecified atom stereocenters. The van der Waals surface area contributed by atoms with Gasteiger partial charge in [0.15, 0.2) is 0 Å². The summed E-state index contributed by atoms with van der Waals surface area (Å²) in [5.41, 5.74) is 2.37. The maximum absolute atomic E-state index is 10.7. The molecule has 0 aliphatic carbocycles. The lowest BCUT2D eigenvalue weighted by Gasteiger charge is -2.28. The smallest absolute Gasteiger partial charge is 0.271 e. The number of anilines is 1. The van der Waals surface area contributed by atoms with E-state index in [4.69, 9.17) is 0 Å². The van der Waals surface area contributed by atoms with E-state index in [2.05, 4.69) is 25.7 Å². The zero-order chi connectivity index (χ0) is 12.1. The molecule has 1 aliphatic rings. The fraction of sp³-hybridized carbons (Fsp3) is 0.500. The summed E-state index contributed by atoms with van der Waals surface area (Å²) in [5.74, 6) is 0. The molecule has 4 heteroatoms. The van der Waals surface area contributed by atoms with Crippen LogP contribution in [0.15, 0.2) is 18.2 Å². The van der Waals surface area contributed by atoms with Gasteiger partial charge in [-0.05, 0) is 18.6 Å². The highest BCUT2D eigenvalue weighted by Gasteiger charge is 2.40. The normalized spacial score (nSPS) is 22.0. The van der Waals surface area contributed by atoms with E-state index in [9.17, 15) is 10.1 Å². The molecule has 0 amide bonds. The molecule has 2 rings (SSSR count). The van der Waals surface area contributed by atoms with Gasteiger partial charge in [-0.15, -0.1) is 0 Å². The Morgan fingerprint density at radius 3 is 2.62 bits per heavy atom. The predicted octanol–water partition coefficient (Wildman–Crippen LogP) is 2.71. The lowest BCUT2D eigenvalue weighted by atomic mass is 9.81. The Hall–Kier alpha value is -1.58. The average molecular weight is 220 g/mol. The van der Waals surface area contributed by atoms with Crippen LogP contribution in [0.1, 0.15) is 26.3 Å². The number of nitrogens with zero attached hydrogens (tertiary/aromatic N) is 2. The molecule has 4 nitrogen and oxygen atoms in total. The zero-order valence-corrected chi connectivity index (χ0v) is 10.0. The quantitative estimate of drug-likeness (QED) is 0.540. The number of nitro benzene ring substituents is 1. The topological polar surface area (TPSA) is 46.4 Å². The van der Waals surface area contributed by atoms with Crippen LogP contribution >= 0.6 is 0 Å². The molecule has 0 spiro atoms. The minimum Gasteiger partial charge on any atom is -0.371 e. The number of nitro groups is 1. The Labute approximate surface area is 95.0 Å². The van der Waals surface area contributed by atoms with E-state index in [0.717, 1.165) is 5.69 Å². The van der Waals surface area contributed by atoms with E-state index in [0.29, 0.717) is 6.04 Å². The summed E-state index contributed by atoms with van der Waals surface area (Å²) < 4.78 is 0. The molecule has 1 aromatic rings. The van der Waals surface area contributed by atoms with Crippen molar-refractivity contribution in [3.05, 3.63) is 33.9 Å². The second-order valence-electron chi connectivity index (χ2n) is 4.97. The van der Waals surface area contributed by atoms with Crippen LogP contribution in [-0.4, -0.2) is 18.0 Å². The number of fused-ring (bicyclic) bond motifs is 1. The van der Waals surface area contributed by atoms with Crippen molar-refractivity contribution in [1.82, 2.24) is 0 Å². The van der Waals surface area contributed by atoms with Crippen molar-refractivity contribution in [1.29, 1.82) is 0 Å². The van der Waals surface area contributed by atoms with Crippen LogP contribution in [0, 0.1) is 10.1 Å². The largest absolute Gasteiger partial charge is 0.371 e. The summed E-state index contributed by atoms with van der Waals surface area (Å²) in [6.07, 6.45) is 0. The highest BCUT2D eigenvalue weighted by Crippen LogP contribution is 2.45. The third-order valence-electron chi connectivity index (χ3n) is 3.89. The van der Waals surface area contributed by atoms with Crippen molar-refractivity contribution in [3.63, 3.8) is 0 Å². The van der Waals surface area contributed by atoms with Crippen LogP contribution < -0.4 is 4.90 Å². The van der Waals surface area contributed by atoms with E-state index in [1.807, 2.05) is 13.1 Å². The molecule has 1 aliphatic heterocycles. The molecule has 0 fully saturated rings. The minimum atomic E-state index is -0.343. The molecule has 86 valence electrons. The maximum atomic E-state index is 10.7. The van der Waals surface area contributed by atoms with Gasteiger partial charge in [0.25, 0.3) is 5.69 Å². The van der Waals surface area contributed by atoms with Crippen molar-refractivity contribution < 1.29 is 4.92 Å². The summed E-state index contributed by atoms with van der Waals surface area (Å²) >= 11 is 0. The van der Waals surface area contributed by atoms with Gasteiger partial charge in [0.05, 0.1) is 4.92 Å². The summed E-state index contributed by atoms with van der Waals surface area (Å²) in [6, 6.07) is 5.49. The van der Waals surface area contributed by atoms with Crippen LogP contribution in [0.3, 0.4) is 0 Å². The Bertz CT molecular complexity index is 454. The number of rotatable bonds is 1. The molecule has 0 radical (unpaired) electrons. The van der Waals surface area contributed by atoms with E-state index >= 15 is 0 Å². The van der Waals surface area contributed by atoms with Crippen molar-refractivity contribution in [2.24, 2.45) is 0 Å². The van der Waals surface area contributed by atoms with E-state index in [1.54, 1.807) is 12.1 Å². The molecule has 0 bridgehead atoms. The highest BCUT2D eigenvalue weighted by atomic mass is 16.6. The van der Waals surface area contributed by atoms with Gasteiger partial charge in [-0.2, -0.15) is 0 Å². The molecule has 16 heavy (non-hydrogen) atoms. The molecule has 1 heterocycles. The van der Waals surface area contributed by atoms with Crippen LogP contribution in [0.4, 0.5) is 11.4 Å². The Morgan fingerprint density at radius 1 is 1.44 bits per heavy atom. The van der Waals surface area contributed by atoms with Gasteiger partial charge in [0.2, 0.25) is 0 Å². The SMILES string of the molecule is C[C@H]1N(C)c2cc([N+](=O)[O-])ccc2C1(C)C. The fourth-order valence-corrected chi connectivity index (χ4v) is 2.39. The van der Waals surface area contributed by atoms with Crippen molar-refractivity contribution in [2.45, 2.75) is 32.2 Å². The molecule has 0 saturated heterocycles. The summed E-state index contributed by atoms with van der Waals surface area (Å²) in [4.78, 5) is 12.5. The van der Waals surface area contributed by atoms with Gasteiger partial charge in [0, 0.05) is 36.3 Å². The molecule has 0 N–H and O–H groups in total. The Morgan fingerprint density at radius 2 is 2.06 bits per heavy atom. The number of benzene rings is 1. The summed E-state index contributed by atoms with van der Waals surface area (Å²) in [6.45, 7) is 6.49. The molecular formula is C12H16N2O2. The number of hydrogen-bond donors (Lipinski definition) is 0. The molecule has 0 aromatic heterocycles. The van der Waals surface area contributed by atoms with Crippen molar-refractivity contribution in [2.75, 3.05) is 11.9 Å². The highest BCUT2D eigenvalue weighted by molar-refractivity contribution is 5.66. The van der Waals surface area contributed by atoms with Gasteiger partial charge in [0.1, 0.15) is 0 Å². The number of likely N-dealkylation sites (N-methyl/N-ethyl adjacent to an activating group) is 1. The monoisotopic (exact) mass is 220 g/mol. The fourth-order valence-electron chi connectivity index (χ4n) is 2.39. The van der Waals surface area contributed by atoms with Crippen LogP contribution in [-0.2, 0) is 5.41 Å². The van der Waals surface area contributed by atoms with Gasteiger partial charge in [-0.1, -0.05) is 13.8 Å². The zero-order valence-electron chi connectivity index (χ0n) is 10.0. The maximum Gasteiger partial charge on any atom is 0.271 e. The van der Waals surface area contributed by atoms with E-state index in [-0.39, 0.29) is 16.0 Å². The standard InChI is InChI=1S/C12H16N2O2/c1-8-12(2,3)10-6-5-9(14(15)16)7-11(10)13(8)4/h5-8H,1-4H3/t8-/m1/s1. The van der Waals surface area contributed by atoms with Crippen molar-refractivity contribution >= 4 is 11.4 Å². The van der Waals surface area contributed by atoms with Crippen LogP contribution in [0.2, 0.25) is 0 Å². The van der Waals surface area contributed by atoms with Crippen molar-refractivity contribution in [3.8, 4) is 0 Å². The summed E-state index contributed by atoms with van der Waals surface area (Å²) in [5, 5.41) is 10.7. The van der Waals surface area contributed by atoms with Gasteiger partial charge in [-0.25, -0.2) is 0 Å².